The fourth-order valence-corrected chi connectivity index (χ4v) is 3.41. The van der Waals surface area contributed by atoms with Gasteiger partial charge in [-0.2, -0.15) is 0 Å². The van der Waals surface area contributed by atoms with Crippen molar-refractivity contribution in [3.63, 3.8) is 0 Å². The summed E-state index contributed by atoms with van der Waals surface area (Å²) in [6, 6.07) is 6.03. The van der Waals surface area contributed by atoms with E-state index in [0.29, 0.717) is 6.04 Å². The predicted octanol–water partition coefficient (Wildman–Crippen LogP) is 1.56. The Balaban J connectivity index is 1.96. The zero-order valence-electron chi connectivity index (χ0n) is 11.0. The summed E-state index contributed by atoms with van der Waals surface area (Å²) in [5.41, 5.74) is 12.8. The van der Waals surface area contributed by atoms with Crippen LogP contribution in [-0.2, 0) is 6.42 Å². The maximum absolute atomic E-state index is 11.1. The van der Waals surface area contributed by atoms with Crippen molar-refractivity contribution >= 4 is 22.5 Å². The van der Waals surface area contributed by atoms with Gasteiger partial charge in [-0.05, 0) is 42.2 Å². The van der Waals surface area contributed by atoms with E-state index in [0.717, 1.165) is 24.9 Å². The van der Waals surface area contributed by atoms with Crippen LogP contribution in [0.4, 0.5) is 4.79 Å². The summed E-state index contributed by atoms with van der Waals surface area (Å²) in [5.74, 6) is 0. The van der Waals surface area contributed by atoms with E-state index in [1.54, 1.807) is 4.68 Å². The van der Waals surface area contributed by atoms with Crippen LogP contribution in [0.25, 0.3) is 16.5 Å². The fraction of sp³-hybridized carbons (Fsp3) is 0.267. The molecule has 2 aromatic rings. The predicted molar refractivity (Wildman–Crippen MR) is 79.0 cm³/mol. The van der Waals surface area contributed by atoms with Gasteiger partial charge in [-0.3, -0.25) is 4.68 Å². The van der Waals surface area contributed by atoms with Crippen molar-refractivity contribution in [1.29, 1.82) is 0 Å². The van der Waals surface area contributed by atoms with Crippen molar-refractivity contribution in [1.82, 2.24) is 9.99 Å². The summed E-state index contributed by atoms with van der Waals surface area (Å²) < 4.78 is 1.73. The van der Waals surface area contributed by atoms with Crippen LogP contribution in [0.3, 0.4) is 0 Å². The number of hydrogen-bond acceptors (Lipinski definition) is 2. The number of urea groups is 1. The van der Waals surface area contributed by atoms with E-state index in [4.69, 9.17) is 5.73 Å². The molecule has 1 aliphatic carbocycles. The maximum Gasteiger partial charge on any atom is 0.331 e. The highest BCUT2D eigenvalue weighted by atomic mass is 16.2. The molecule has 1 aromatic heterocycles. The first-order chi connectivity index (χ1) is 9.74. The molecule has 4 rings (SSSR count). The quantitative estimate of drug-likeness (QED) is 0.734. The van der Waals surface area contributed by atoms with Gasteiger partial charge in [0.05, 0.1) is 5.52 Å². The van der Waals surface area contributed by atoms with Gasteiger partial charge in [0.2, 0.25) is 0 Å². The third kappa shape index (κ3) is 1.56. The van der Waals surface area contributed by atoms with E-state index in [9.17, 15) is 4.79 Å². The minimum atomic E-state index is -0.548. The number of carbonyl (C=O) groups excluding carboxylic acids is 1. The van der Waals surface area contributed by atoms with Crippen LogP contribution in [0.5, 0.6) is 0 Å². The molecule has 4 N–H and O–H groups in total. The SMILES string of the molecule is NC(=O)Nn1cc2c3c(cccc31)C1=CCCN[C@@H]1C2. The average molecular weight is 268 g/mol. The topological polar surface area (TPSA) is 72.1 Å². The standard InChI is InChI=1S/C15H16N4O/c16-15(20)18-19-8-9-7-12-10(4-2-6-17-12)11-3-1-5-13(19)14(9)11/h1,3-5,8,12,17H,2,6-7H2,(H3,16,18,20)/t12-/m1/s1. The molecule has 1 atom stereocenters. The Bertz CT molecular complexity index is 744. The fourth-order valence-electron chi connectivity index (χ4n) is 3.41. The molecular weight excluding hydrogens is 252 g/mol. The average Bonchev–Trinajstić information content (AvgIpc) is 2.78. The van der Waals surface area contributed by atoms with Crippen LogP contribution >= 0.6 is 0 Å². The largest absolute Gasteiger partial charge is 0.350 e. The normalized spacial score (nSPS) is 20.4. The molecule has 5 heteroatoms. The number of hydrogen-bond donors (Lipinski definition) is 3. The van der Waals surface area contributed by atoms with Gasteiger partial charge in [0, 0.05) is 17.6 Å². The molecule has 0 unspecified atom stereocenters. The summed E-state index contributed by atoms with van der Waals surface area (Å²) in [5, 5.41) is 4.79. The first-order valence-corrected chi connectivity index (χ1v) is 6.87. The van der Waals surface area contributed by atoms with Crippen LogP contribution in [-0.4, -0.2) is 23.3 Å². The number of carbonyl (C=O) groups is 1. The number of aromatic nitrogens is 1. The summed E-state index contributed by atoms with van der Waals surface area (Å²) in [6.07, 6.45) is 6.33. The maximum atomic E-state index is 11.1. The first-order valence-electron chi connectivity index (χ1n) is 6.87. The minimum absolute atomic E-state index is 0.381. The Morgan fingerprint density at radius 1 is 1.45 bits per heavy atom. The second-order valence-electron chi connectivity index (χ2n) is 5.36. The highest BCUT2D eigenvalue weighted by molar-refractivity contribution is 5.99. The third-order valence-electron chi connectivity index (χ3n) is 4.15. The Morgan fingerprint density at radius 2 is 2.35 bits per heavy atom. The van der Waals surface area contributed by atoms with Crippen LogP contribution < -0.4 is 16.5 Å². The second-order valence-corrected chi connectivity index (χ2v) is 5.36. The lowest BCUT2D eigenvalue weighted by molar-refractivity contribution is 0.257. The van der Waals surface area contributed by atoms with Gasteiger partial charge in [-0.1, -0.05) is 18.2 Å². The van der Waals surface area contributed by atoms with Crippen molar-refractivity contribution in [3.8, 4) is 0 Å². The van der Waals surface area contributed by atoms with E-state index in [1.165, 1.54) is 22.1 Å². The monoisotopic (exact) mass is 268 g/mol. The minimum Gasteiger partial charge on any atom is -0.350 e. The summed E-state index contributed by atoms with van der Waals surface area (Å²) in [4.78, 5) is 11.1. The number of fused-ring (bicyclic) bond motifs is 2. The lowest BCUT2D eigenvalue weighted by Gasteiger charge is -2.30. The molecule has 5 nitrogen and oxygen atoms in total. The van der Waals surface area contributed by atoms with Crippen LogP contribution in [0.1, 0.15) is 17.5 Å². The molecule has 1 aromatic carbocycles. The molecule has 2 amide bonds. The van der Waals surface area contributed by atoms with Crippen molar-refractivity contribution in [2.75, 3.05) is 12.0 Å². The molecular formula is C15H16N4O. The van der Waals surface area contributed by atoms with Gasteiger partial charge < -0.3 is 11.1 Å². The van der Waals surface area contributed by atoms with E-state index in [-0.39, 0.29) is 0 Å². The smallest absolute Gasteiger partial charge is 0.331 e. The molecule has 102 valence electrons. The Labute approximate surface area is 116 Å². The van der Waals surface area contributed by atoms with Crippen molar-refractivity contribution < 1.29 is 4.79 Å². The highest BCUT2D eigenvalue weighted by Gasteiger charge is 2.28. The summed E-state index contributed by atoms with van der Waals surface area (Å²) >= 11 is 0. The molecule has 2 aliphatic rings. The second kappa shape index (κ2) is 4.11. The Morgan fingerprint density at radius 3 is 3.20 bits per heavy atom. The summed E-state index contributed by atoms with van der Waals surface area (Å²) in [6.45, 7) is 1.03. The van der Waals surface area contributed by atoms with Crippen molar-refractivity contribution in [2.24, 2.45) is 5.73 Å². The van der Waals surface area contributed by atoms with Crippen molar-refractivity contribution in [3.05, 3.63) is 41.6 Å². The number of nitrogens with two attached hydrogens (primary N) is 1. The van der Waals surface area contributed by atoms with Gasteiger partial charge >= 0.3 is 6.03 Å². The third-order valence-corrected chi connectivity index (χ3v) is 4.15. The Kier molecular flexibility index (Phi) is 2.37. The number of rotatable bonds is 1. The zero-order chi connectivity index (χ0) is 13.7. The van der Waals surface area contributed by atoms with E-state index in [1.807, 2.05) is 18.3 Å². The summed E-state index contributed by atoms with van der Waals surface area (Å²) in [7, 11) is 0. The van der Waals surface area contributed by atoms with Crippen LogP contribution in [0.2, 0.25) is 0 Å². The van der Waals surface area contributed by atoms with E-state index >= 15 is 0 Å². The van der Waals surface area contributed by atoms with Gasteiger partial charge in [0.15, 0.2) is 0 Å². The Hall–Kier alpha value is -2.27. The molecule has 0 bridgehead atoms. The van der Waals surface area contributed by atoms with Crippen molar-refractivity contribution in [2.45, 2.75) is 18.9 Å². The number of amides is 2. The van der Waals surface area contributed by atoms with Crippen LogP contribution in [0.15, 0.2) is 30.5 Å². The lowest BCUT2D eigenvalue weighted by atomic mass is 9.83. The van der Waals surface area contributed by atoms with Gasteiger partial charge in [0.25, 0.3) is 0 Å². The van der Waals surface area contributed by atoms with Gasteiger partial charge in [-0.25, -0.2) is 10.2 Å². The van der Waals surface area contributed by atoms with E-state index < -0.39 is 6.03 Å². The zero-order valence-corrected chi connectivity index (χ0v) is 11.0. The lowest BCUT2D eigenvalue weighted by Crippen LogP contribution is -2.37. The number of nitrogens with one attached hydrogen (secondary N) is 2. The van der Waals surface area contributed by atoms with Crippen LogP contribution in [0, 0.1) is 0 Å². The number of nitrogens with zero attached hydrogens (tertiary/aromatic N) is 1. The molecule has 1 aliphatic heterocycles. The number of primary amides is 1. The molecule has 0 saturated heterocycles. The first kappa shape index (κ1) is 11.5. The molecule has 0 fully saturated rings. The number of benzene rings is 1. The van der Waals surface area contributed by atoms with Gasteiger partial charge in [0.1, 0.15) is 0 Å². The molecule has 0 saturated carbocycles. The molecule has 20 heavy (non-hydrogen) atoms. The van der Waals surface area contributed by atoms with E-state index in [2.05, 4.69) is 22.9 Å². The van der Waals surface area contributed by atoms with Gasteiger partial charge in [-0.15, -0.1) is 0 Å². The molecule has 2 heterocycles. The molecule has 0 spiro atoms. The highest BCUT2D eigenvalue weighted by Crippen LogP contribution is 2.38. The molecule has 0 radical (unpaired) electrons.